The molecule has 1 aliphatic rings. The molecule has 0 bridgehead atoms. The molecule has 0 spiro atoms. The minimum atomic E-state index is -0.351. The molecule has 0 unspecified atom stereocenters. The third-order valence-corrected chi connectivity index (χ3v) is 8.40. The van der Waals surface area contributed by atoms with Crippen LogP contribution in [-0.4, -0.2) is 35.4 Å². The number of nitrogens with zero attached hydrogens (tertiary/aromatic N) is 1. The van der Waals surface area contributed by atoms with Crippen molar-refractivity contribution in [2.24, 2.45) is 5.92 Å². The number of fused-ring (bicyclic) bond motifs is 1. The Kier molecular flexibility index (Phi) is 7.22. The van der Waals surface area contributed by atoms with Crippen molar-refractivity contribution in [1.82, 2.24) is 4.90 Å². The molecule has 4 aromatic rings. The predicted molar refractivity (Wildman–Crippen MR) is 147 cm³/mol. The van der Waals surface area contributed by atoms with Crippen LogP contribution in [0.25, 0.3) is 21.2 Å². The number of hydrogen-bond acceptors (Lipinski definition) is 4. The Labute approximate surface area is 216 Å². The second kappa shape index (κ2) is 10.5. The van der Waals surface area contributed by atoms with E-state index >= 15 is 0 Å². The highest BCUT2D eigenvalue weighted by molar-refractivity contribution is 7.21. The van der Waals surface area contributed by atoms with Gasteiger partial charge in [-0.2, -0.15) is 0 Å². The third kappa shape index (κ3) is 5.23. The molecule has 1 saturated heterocycles. The van der Waals surface area contributed by atoms with E-state index in [-0.39, 0.29) is 17.3 Å². The highest BCUT2D eigenvalue weighted by atomic mass is 32.1. The zero-order valence-corrected chi connectivity index (χ0v) is 21.7. The number of thiophene rings is 1. The number of carbonyl (C=O) groups excluding carboxylic acids is 1. The Morgan fingerprint density at radius 3 is 2.61 bits per heavy atom. The van der Waals surface area contributed by atoms with E-state index in [0.29, 0.717) is 16.0 Å². The highest BCUT2D eigenvalue weighted by Crippen LogP contribution is 2.41. The first-order chi connectivity index (χ1) is 17.4. The summed E-state index contributed by atoms with van der Waals surface area (Å²) in [6.45, 7) is 7.75. The molecule has 36 heavy (non-hydrogen) atoms. The Bertz CT molecular complexity index is 1390. The molecule has 1 aromatic heterocycles. The molecule has 0 saturated carbocycles. The molecule has 1 aliphatic heterocycles. The molecular weight excluding hydrogens is 469 g/mol. The molecule has 1 atom stereocenters. The summed E-state index contributed by atoms with van der Waals surface area (Å²) < 4.78 is 14.5. The number of unbranched alkanes of at least 4 members (excludes halogenated alkanes) is 1. The van der Waals surface area contributed by atoms with Gasteiger partial charge < -0.3 is 10.0 Å². The van der Waals surface area contributed by atoms with Crippen molar-refractivity contribution in [2.75, 3.05) is 19.6 Å². The lowest BCUT2D eigenvalue weighted by atomic mass is 9.95. The van der Waals surface area contributed by atoms with Crippen molar-refractivity contribution in [3.05, 3.63) is 88.0 Å². The van der Waals surface area contributed by atoms with Gasteiger partial charge in [0.25, 0.3) is 0 Å². The van der Waals surface area contributed by atoms with Crippen molar-refractivity contribution < 1.29 is 14.3 Å². The monoisotopic (exact) mass is 501 g/mol. The molecule has 5 heteroatoms. The SMILES string of the molecule is Cc1cc(F)ccc1C(=O)c1sc2cc(O)ccc2c1-c1ccc(CCCCN2CC[C@H](C)C2)cc1. The van der Waals surface area contributed by atoms with Crippen LogP contribution in [0.1, 0.15) is 52.5 Å². The van der Waals surface area contributed by atoms with Gasteiger partial charge in [0.15, 0.2) is 0 Å². The van der Waals surface area contributed by atoms with E-state index in [2.05, 4.69) is 36.1 Å². The van der Waals surface area contributed by atoms with Crippen LogP contribution in [0, 0.1) is 18.7 Å². The molecule has 3 nitrogen and oxygen atoms in total. The summed E-state index contributed by atoms with van der Waals surface area (Å²) in [6, 6.07) is 18.0. The van der Waals surface area contributed by atoms with Crippen LogP contribution < -0.4 is 0 Å². The van der Waals surface area contributed by atoms with E-state index < -0.39 is 0 Å². The first-order valence-corrected chi connectivity index (χ1v) is 13.6. The van der Waals surface area contributed by atoms with Crippen LogP contribution in [-0.2, 0) is 6.42 Å². The quantitative estimate of drug-likeness (QED) is 0.199. The highest BCUT2D eigenvalue weighted by Gasteiger charge is 2.23. The molecule has 0 aliphatic carbocycles. The number of phenols is 1. The molecule has 5 rings (SSSR count). The fourth-order valence-electron chi connectivity index (χ4n) is 5.27. The number of benzene rings is 3. The zero-order chi connectivity index (χ0) is 25.2. The molecule has 0 amide bonds. The van der Waals surface area contributed by atoms with Crippen molar-refractivity contribution in [1.29, 1.82) is 0 Å². The summed E-state index contributed by atoms with van der Waals surface area (Å²) in [4.78, 5) is 16.8. The summed E-state index contributed by atoms with van der Waals surface area (Å²) >= 11 is 1.37. The third-order valence-electron chi connectivity index (χ3n) is 7.25. The standard InChI is InChI=1S/C31H32FNO2S/c1-20-14-16-33(19-20)15-4-3-5-22-6-8-23(9-7-22)29-27-13-11-25(34)18-28(27)36-31(29)30(35)26-12-10-24(32)17-21(26)2/h6-13,17-18,20,34H,3-5,14-16,19H2,1-2H3/t20-/m0/s1. The summed E-state index contributed by atoms with van der Waals surface area (Å²) in [7, 11) is 0. The van der Waals surface area contributed by atoms with Gasteiger partial charge in [-0.05, 0) is 105 Å². The lowest BCUT2D eigenvalue weighted by Gasteiger charge is -2.14. The second-order valence-electron chi connectivity index (χ2n) is 10.1. The maximum absolute atomic E-state index is 13.7. The molecule has 2 heterocycles. The fourth-order valence-corrected chi connectivity index (χ4v) is 6.48. The van der Waals surface area contributed by atoms with Crippen LogP contribution in [0.3, 0.4) is 0 Å². The van der Waals surface area contributed by atoms with Gasteiger partial charge in [0.2, 0.25) is 5.78 Å². The number of carbonyl (C=O) groups is 1. The normalized spacial score (nSPS) is 16.1. The van der Waals surface area contributed by atoms with Gasteiger partial charge in [-0.15, -0.1) is 11.3 Å². The maximum Gasteiger partial charge on any atom is 0.203 e. The van der Waals surface area contributed by atoms with Crippen LogP contribution in [0.15, 0.2) is 60.7 Å². The van der Waals surface area contributed by atoms with Gasteiger partial charge in [0.1, 0.15) is 11.6 Å². The van der Waals surface area contributed by atoms with Gasteiger partial charge in [0.05, 0.1) is 4.88 Å². The summed E-state index contributed by atoms with van der Waals surface area (Å²) in [5, 5.41) is 11.0. The van der Waals surface area contributed by atoms with Crippen LogP contribution in [0.2, 0.25) is 0 Å². The van der Waals surface area contributed by atoms with E-state index in [0.717, 1.165) is 33.6 Å². The molecule has 1 fully saturated rings. The van der Waals surface area contributed by atoms with E-state index in [1.165, 1.54) is 67.9 Å². The van der Waals surface area contributed by atoms with Gasteiger partial charge in [-0.25, -0.2) is 4.39 Å². The van der Waals surface area contributed by atoms with Gasteiger partial charge in [-0.3, -0.25) is 4.79 Å². The lowest BCUT2D eigenvalue weighted by molar-refractivity contribution is 0.104. The van der Waals surface area contributed by atoms with E-state index in [1.807, 2.05) is 6.07 Å². The minimum absolute atomic E-state index is 0.122. The summed E-state index contributed by atoms with van der Waals surface area (Å²) in [6.07, 6.45) is 4.74. The minimum Gasteiger partial charge on any atom is -0.508 e. The molecule has 0 radical (unpaired) electrons. The van der Waals surface area contributed by atoms with Crippen LogP contribution in [0.4, 0.5) is 4.39 Å². The molecule has 1 N–H and O–H groups in total. The lowest BCUT2D eigenvalue weighted by Crippen LogP contribution is -2.21. The van der Waals surface area contributed by atoms with Gasteiger partial charge in [0, 0.05) is 27.8 Å². The fraction of sp³-hybridized carbons (Fsp3) is 0.323. The van der Waals surface area contributed by atoms with E-state index in [4.69, 9.17) is 0 Å². The largest absolute Gasteiger partial charge is 0.508 e. The number of hydrogen-bond donors (Lipinski definition) is 1. The smallest absolute Gasteiger partial charge is 0.203 e. The second-order valence-corrected chi connectivity index (χ2v) is 11.2. The topological polar surface area (TPSA) is 40.5 Å². The number of aryl methyl sites for hydroxylation is 2. The van der Waals surface area contributed by atoms with E-state index in [9.17, 15) is 14.3 Å². The van der Waals surface area contributed by atoms with Crippen molar-refractivity contribution in [3.8, 4) is 16.9 Å². The first kappa shape index (κ1) is 24.7. The van der Waals surface area contributed by atoms with Crippen LogP contribution >= 0.6 is 11.3 Å². The average Bonchev–Trinajstić information content (AvgIpc) is 3.44. The van der Waals surface area contributed by atoms with Crippen molar-refractivity contribution in [3.63, 3.8) is 0 Å². The number of ketones is 1. The Morgan fingerprint density at radius 2 is 1.89 bits per heavy atom. The number of aromatic hydroxyl groups is 1. The van der Waals surface area contributed by atoms with Gasteiger partial charge >= 0.3 is 0 Å². The number of halogens is 1. The van der Waals surface area contributed by atoms with E-state index in [1.54, 1.807) is 25.1 Å². The van der Waals surface area contributed by atoms with Crippen molar-refractivity contribution in [2.45, 2.75) is 39.5 Å². The van der Waals surface area contributed by atoms with Crippen LogP contribution in [0.5, 0.6) is 5.75 Å². The molecule has 186 valence electrons. The van der Waals surface area contributed by atoms with Crippen molar-refractivity contribution >= 4 is 27.2 Å². The maximum atomic E-state index is 13.7. The van der Waals surface area contributed by atoms with Gasteiger partial charge in [-0.1, -0.05) is 31.2 Å². The predicted octanol–water partition coefficient (Wildman–Crippen LogP) is 7.62. The Hall–Kier alpha value is -3.02. The average molecular weight is 502 g/mol. The summed E-state index contributed by atoms with van der Waals surface area (Å²) in [5.74, 6) is 0.532. The molecular formula is C31H32FNO2S. The summed E-state index contributed by atoms with van der Waals surface area (Å²) in [5.41, 5.74) is 4.26. The Balaban J connectivity index is 1.39. The number of phenolic OH excluding ortho intramolecular Hbond substituents is 1. The zero-order valence-electron chi connectivity index (χ0n) is 20.9. The Morgan fingerprint density at radius 1 is 1.08 bits per heavy atom. The first-order valence-electron chi connectivity index (χ1n) is 12.8. The number of likely N-dealkylation sites (tertiary alicyclic amines) is 1. The molecule has 3 aromatic carbocycles. The number of rotatable bonds is 8.